The Bertz CT molecular complexity index is 120. The highest BCUT2D eigenvalue weighted by Crippen LogP contribution is 2.33. The Kier molecular flexibility index (Phi) is 4.63. The van der Waals surface area contributed by atoms with Crippen molar-refractivity contribution in [3.63, 3.8) is 0 Å². The fraction of sp³-hybridized carbons (Fsp3) is 1.00. The van der Waals surface area contributed by atoms with E-state index >= 15 is 0 Å². The first-order valence-electron chi connectivity index (χ1n) is 5.28. The van der Waals surface area contributed by atoms with Gasteiger partial charge in [0, 0.05) is 5.33 Å². The van der Waals surface area contributed by atoms with Gasteiger partial charge in [-0.2, -0.15) is 0 Å². The van der Waals surface area contributed by atoms with Crippen LogP contribution in [0.25, 0.3) is 0 Å². The Morgan fingerprint density at radius 2 is 1.92 bits per heavy atom. The first-order valence-corrected chi connectivity index (χ1v) is 6.40. The van der Waals surface area contributed by atoms with E-state index in [1.165, 1.54) is 37.4 Å². The lowest BCUT2D eigenvalue weighted by atomic mass is 9.79. The monoisotopic (exact) mass is 232 g/mol. The molecule has 0 nitrogen and oxygen atoms in total. The molecule has 1 rings (SSSR count). The number of hydrogen-bond donors (Lipinski definition) is 0. The van der Waals surface area contributed by atoms with Crippen LogP contribution in [0.1, 0.15) is 46.0 Å². The SMILES string of the molecule is CC(C)CC1CCCC(CBr)C1. The van der Waals surface area contributed by atoms with Crippen molar-refractivity contribution in [1.29, 1.82) is 0 Å². The van der Waals surface area contributed by atoms with Gasteiger partial charge in [0.15, 0.2) is 0 Å². The molecule has 2 unspecified atom stereocenters. The smallest absolute Gasteiger partial charge is 0.00597 e. The summed E-state index contributed by atoms with van der Waals surface area (Å²) in [6, 6.07) is 0. The Labute approximate surface area is 85.3 Å². The van der Waals surface area contributed by atoms with E-state index in [9.17, 15) is 0 Å². The molecule has 2 atom stereocenters. The van der Waals surface area contributed by atoms with Crippen LogP contribution in [-0.2, 0) is 0 Å². The van der Waals surface area contributed by atoms with Gasteiger partial charge in [-0.1, -0.05) is 42.6 Å². The fourth-order valence-electron chi connectivity index (χ4n) is 2.42. The minimum atomic E-state index is 0.893. The highest BCUT2D eigenvalue weighted by molar-refractivity contribution is 9.09. The van der Waals surface area contributed by atoms with Crippen LogP contribution in [0.4, 0.5) is 0 Å². The molecule has 0 aromatic heterocycles. The third kappa shape index (κ3) is 3.47. The lowest BCUT2D eigenvalue weighted by molar-refractivity contribution is 0.252. The molecule has 0 spiro atoms. The molecule has 0 N–H and O–H groups in total. The Balaban J connectivity index is 2.25. The van der Waals surface area contributed by atoms with Gasteiger partial charge in [-0.3, -0.25) is 0 Å². The van der Waals surface area contributed by atoms with E-state index in [-0.39, 0.29) is 0 Å². The molecule has 1 aliphatic carbocycles. The third-order valence-corrected chi connectivity index (χ3v) is 3.83. The second-order valence-corrected chi connectivity index (χ2v) is 5.33. The average Bonchev–Trinajstić information content (AvgIpc) is 2.03. The largest absolute Gasteiger partial charge is 0.0925 e. The summed E-state index contributed by atoms with van der Waals surface area (Å²) in [5.74, 6) is 2.90. The van der Waals surface area contributed by atoms with Gasteiger partial charge in [0.1, 0.15) is 0 Å². The molecule has 0 heterocycles. The summed E-state index contributed by atoms with van der Waals surface area (Å²) >= 11 is 3.60. The molecule has 0 aliphatic heterocycles. The standard InChI is InChI=1S/C11H21Br/c1-9(2)6-10-4-3-5-11(7-10)8-12/h9-11H,3-8H2,1-2H3. The van der Waals surface area contributed by atoms with Gasteiger partial charge in [-0.25, -0.2) is 0 Å². The summed E-state index contributed by atoms with van der Waals surface area (Å²) in [5.41, 5.74) is 0. The molecule has 1 saturated carbocycles. The van der Waals surface area contributed by atoms with E-state index < -0.39 is 0 Å². The van der Waals surface area contributed by atoms with Gasteiger partial charge >= 0.3 is 0 Å². The topological polar surface area (TPSA) is 0 Å². The Morgan fingerprint density at radius 1 is 1.25 bits per heavy atom. The molecule has 72 valence electrons. The normalized spacial score (nSPS) is 31.0. The van der Waals surface area contributed by atoms with Crippen molar-refractivity contribution in [2.75, 3.05) is 5.33 Å². The number of alkyl halides is 1. The molecule has 0 bridgehead atoms. The fourth-order valence-corrected chi connectivity index (χ4v) is 3.01. The molecule has 0 aromatic carbocycles. The zero-order valence-electron chi connectivity index (χ0n) is 8.35. The molecular formula is C11H21Br. The minimum Gasteiger partial charge on any atom is -0.0925 e. The first-order chi connectivity index (χ1) is 5.72. The third-order valence-electron chi connectivity index (χ3n) is 2.91. The number of halogens is 1. The van der Waals surface area contributed by atoms with Crippen LogP contribution in [0.5, 0.6) is 0 Å². The quantitative estimate of drug-likeness (QED) is 0.640. The van der Waals surface area contributed by atoms with Crippen LogP contribution in [0, 0.1) is 17.8 Å². The number of rotatable bonds is 3. The summed E-state index contributed by atoms with van der Waals surface area (Å²) < 4.78 is 0. The summed E-state index contributed by atoms with van der Waals surface area (Å²) in [5, 5.41) is 1.22. The molecule has 0 saturated heterocycles. The average molecular weight is 233 g/mol. The zero-order valence-corrected chi connectivity index (χ0v) is 9.94. The van der Waals surface area contributed by atoms with Gasteiger partial charge in [0.2, 0.25) is 0 Å². The molecular weight excluding hydrogens is 212 g/mol. The van der Waals surface area contributed by atoms with Crippen molar-refractivity contribution in [3.05, 3.63) is 0 Å². The van der Waals surface area contributed by atoms with E-state index in [2.05, 4.69) is 29.8 Å². The maximum atomic E-state index is 3.60. The van der Waals surface area contributed by atoms with Gasteiger partial charge in [0.25, 0.3) is 0 Å². The molecule has 0 radical (unpaired) electrons. The van der Waals surface area contributed by atoms with Gasteiger partial charge in [-0.15, -0.1) is 0 Å². The van der Waals surface area contributed by atoms with Crippen molar-refractivity contribution in [2.45, 2.75) is 46.0 Å². The second kappa shape index (κ2) is 5.26. The molecule has 1 aliphatic rings. The van der Waals surface area contributed by atoms with Crippen molar-refractivity contribution < 1.29 is 0 Å². The highest BCUT2D eigenvalue weighted by Gasteiger charge is 2.21. The van der Waals surface area contributed by atoms with Gasteiger partial charge < -0.3 is 0 Å². The van der Waals surface area contributed by atoms with E-state index in [1.807, 2.05) is 0 Å². The molecule has 12 heavy (non-hydrogen) atoms. The van der Waals surface area contributed by atoms with Crippen molar-refractivity contribution in [1.82, 2.24) is 0 Å². The van der Waals surface area contributed by atoms with Crippen molar-refractivity contribution in [2.24, 2.45) is 17.8 Å². The predicted molar refractivity (Wildman–Crippen MR) is 58.7 cm³/mol. The molecule has 0 aromatic rings. The lowest BCUT2D eigenvalue weighted by Gasteiger charge is -2.28. The van der Waals surface area contributed by atoms with E-state index in [0.717, 1.165) is 17.8 Å². The van der Waals surface area contributed by atoms with Crippen LogP contribution in [0.2, 0.25) is 0 Å². The summed E-state index contributed by atoms with van der Waals surface area (Å²) in [6.07, 6.45) is 7.34. The van der Waals surface area contributed by atoms with E-state index in [0.29, 0.717) is 0 Å². The van der Waals surface area contributed by atoms with Crippen LogP contribution in [-0.4, -0.2) is 5.33 Å². The van der Waals surface area contributed by atoms with Crippen LogP contribution < -0.4 is 0 Å². The van der Waals surface area contributed by atoms with E-state index in [1.54, 1.807) is 0 Å². The maximum Gasteiger partial charge on any atom is 0.00597 e. The molecule has 1 fully saturated rings. The Hall–Kier alpha value is 0.480. The van der Waals surface area contributed by atoms with Crippen LogP contribution >= 0.6 is 15.9 Å². The van der Waals surface area contributed by atoms with Crippen molar-refractivity contribution in [3.8, 4) is 0 Å². The predicted octanol–water partition coefficient (Wildman–Crippen LogP) is 4.23. The first kappa shape index (κ1) is 10.6. The summed E-state index contributed by atoms with van der Waals surface area (Å²) in [4.78, 5) is 0. The second-order valence-electron chi connectivity index (χ2n) is 4.68. The van der Waals surface area contributed by atoms with Crippen LogP contribution in [0.15, 0.2) is 0 Å². The molecule has 0 amide bonds. The maximum absolute atomic E-state index is 3.60. The highest BCUT2D eigenvalue weighted by atomic mass is 79.9. The number of hydrogen-bond acceptors (Lipinski definition) is 0. The van der Waals surface area contributed by atoms with Gasteiger partial charge in [-0.05, 0) is 37.0 Å². The van der Waals surface area contributed by atoms with E-state index in [4.69, 9.17) is 0 Å². The summed E-state index contributed by atoms with van der Waals surface area (Å²) in [6.45, 7) is 4.69. The van der Waals surface area contributed by atoms with Crippen molar-refractivity contribution >= 4 is 15.9 Å². The van der Waals surface area contributed by atoms with Crippen LogP contribution in [0.3, 0.4) is 0 Å². The molecule has 1 heteroatoms. The minimum absolute atomic E-state index is 0.893. The summed E-state index contributed by atoms with van der Waals surface area (Å²) in [7, 11) is 0. The zero-order chi connectivity index (χ0) is 8.97. The lowest BCUT2D eigenvalue weighted by Crippen LogP contribution is -2.17. The van der Waals surface area contributed by atoms with Gasteiger partial charge in [0.05, 0.1) is 0 Å². The Morgan fingerprint density at radius 3 is 2.50 bits per heavy atom.